The van der Waals surface area contributed by atoms with Gasteiger partial charge in [0, 0.05) is 37.5 Å². The Morgan fingerprint density at radius 3 is 2.79 bits per heavy atom. The maximum Gasteiger partial charge on any atom is 0.410 e. The van der Waals surface area contributed by atoms with Crippen LogP contribution in [-0.4, -0.2) is 78.8 Å². The van der Waals surface area contributed by atoms with Gasteiger partial charge in [0.1, 0.15) is 11.8 Å². The minimum Gasteiger partial charge on any atom is -0.444 e. The van der Waals surface area contributed by atoms with Gasteiger partial charge < -0.3 is 20.3 Å². The SMILES string of the molecule is CC(C)(C)OC(=O)N1C[C@@H](N2CCc3ncc(-c4ccn5nc(N)nc5c4)cc3C2=O)[C@@H](F)C1. The zero-order valence-electron chi connectivity index (χ0n) is 19.2. The molecule has 2 aliphatic heterocycles. The number of anilines is 1. The molecule has 0 unspecified atom stereocenters. The minimum absolute atomic E-state index is 0.0925. The predicted octanol–water partition coefficient (Wildman–Crippen LogP) is 2.33. The third-order valence-corrected chi connectivity index (χ3v) is 6.01. The van der Waals surface area contributed by atoms with Gasteiger partial charge in [-0.15, -0.1) is 5.10 Å². The van der Waals surface area contributed by atoms with Crippen molar-refractivity contribution in [2.45, 2.75) is 45.0 Å². The van der Waals surface area contributed by atoms with Crippen molar-refractivity contribution < 1.29 is 18.7 Å². The Labute approximate surface area is 195 Å². The van der Waals surface area contributed by atoms with Gasteiger partial charge in [-0.2, -0.15) is 4.98 Å². The Bertz CT molecular complexity index is 1290. The molecular formula is C23H26FN7O3. The summed E-state index contributed by atoms with van der Waals surface area (Å²) in [6.45, 7) is 5.62. The van der Waals surface area contributed by atoms with Gasteiger partial charge in [0.25, 0.3) is 5.91 Å². The molecule has 5 rings (SSSR count). The predicted molar refractivity (Wildman–Crippen MR) is 122 cm³/mol. The molecule has 34 heavy (non-hydrogen) atoms. The summed E-state index contributed by atoms with van der Waals surface area (Å²) >= 11 is 0. The molecule has 5 heterocycles. The molecule has 2 amide bonds. The Morgan fingerprint density at radius 2 is 2.03 bits per heavy atom. The van der Waals surface area contributed by atoms with Crippen LogP contribution < -0.4 is 5.73 Å². The van der Waals surface area contributed by atoms with E-state index in [1.165, 1.54) is 9.80 Å². The fourth-order valence-electron chi connectivity index (χ4n) is 4.43. The number of carbonyl (C=O) groups excluding carboxylic acids is 2. The smallest absolute Gasteiger partial charge is 0.410 e. The third-order valence-electron chi connectivity index (χ3n) is 6.01. The molecule has 2 N–H and O–H groups in total. The number of fused-ring (bicyclic) bond motifs is 2. The third kappa shape index (κ3) is 4.02. The number of nitrogens with two attached hydrogens (primary N) is 1. The molecule has 0 saturated carbocycles. The van der Waals surface area contributed by atoms with Crippen molar-refractivity contribution in [3.8, 4) is 11.1 Å². The van der Waals surface area contributed by atoms with Gasteiger partial charge in [0.05, 0.1) is 23.8 Å². The first-order valence-corrected chi connectivity index (χ1v) is 11.1. The van der Waals surface area contributed by atoms with Crippen molar-refractivity contribution in [1.29, 1.82) is 0 Å². The summed E-state index contributed by atoms with van der Waals surface area (Å²) in [5.41, 5.74) is 8.22. The van der Waals surface area contributed by atoms with Crippen molar-refractivity contribution in [2.24, 2.45) is 0 Å². The number of aromatic nitrogens is 4. The summed E-state index contributed by atoms with van der Waals surface area (Å²) in [7, 11) is 0. The number of nitrogen functional groups attached to an aromatic ring is 1. The number of hydrogen-bond acceptors (Lipinski definition) is 7. The Kier molecular flexibility index (Phi) is 5.14. The van der Waals surface area contributed by atoms with Gasteiger partial charge >= 0.3 is 6.09 Å². The van der Waals surface area contributed by atoms with Gasteiger partial charge in [-0.3, -0.25) is 9.78 Å². The van der Waals surface area contributed by atoms with Gasteiger partial charge in [-0.25, -0.2) is 13.7 Å². The molecule has 0 bridgehead atoms. The zero-order valence-corrected chi connectivity index (χ0v) is 19.2. The zero-order chi connectivity index (χ0) is 24.2. The van der Waals surface area contributed by atoms with Crippen LogP contribution in [0.4, 0.5) is 15.1 Å². The molecule has 10 nitrogen and oxygen atoms in total. The number of amides is 2. The maximum atomic E-state index is 15.0. The van der Waals surface area contributed by atoms with Crippen LogP contribution in [0.3, 0.4) is 0 Å². The van der Waals surface area contributed by atoms with Crippen molar-refractivity contribution in [3.05, 3.63) is 41.9 Å². The van der Waals surface area contributed by atoms with Crippen LogP contribution in [0.2, 0.25) is 0 Å². The van der Waals surface area contributed by atoms with E-state index in [4.69, 9.17) is 10.5 Å². The van der Waals surface area contributed by atoms with Gasteiger partial charge in [0.15, 0.2) is 5.65 Å². The molecule has 2 atom stereocenters. The summed E-state index contributed by atoms with van der Waals surface area (Å²) in [6.07, 6.45) is 2.03. The number of carbonyl (C=O) groups is 2. The van der Waals surface area contributed by atoms with Crippen molar-refractivity contribution >= 4 is 23.6 Å². The largest absolute Gasteiger partial charge is 0.444 e. The molecule has 0 radical (unpaired) electrons. The molecule has 3 aromatic rings. The molecule has 1 fully saturated rings. The maximum absolute atomic E-state index is 15.0. The summed E-state index contributed by atoms with van der Waals surface area (Å²) in [5.74, 6) is -0.119. The molecular weight excluding hydrogens is 441 g/mol. The number of hydrogen-bond donors (Lipinski definition) is 1. The summed E-state index contributed by atoms with van der Waals surface area (Å²) in [5, 5.41) is 4.06. The Morgan fingerprint density at radius 1 is 1.24 bits per heavy atom. The Balaban J connectivity index is 1.38. The molecule has 0 aromatic carbocycles. The van der Waals surface area contributed by atoms with Gasteiger partial charge in [0.2, 0.25) is 5.95 Å². The van der Waals surface area contributed by atoms with Crippen molar-refractivity contribution in [3.63, 3.8) is 0 Å². The molecule has 178 valence electrons. The molecule has 11 heteroatoms. The first kappa shape index (κ1) is 22.1. The molecule has 0 aliphatic carbocycles. The van der Waals surface area contributed by atoms with E-state index in [1.807, 2.05) is 12.1 Å². The number of ether oxygens (including phenoxy) is 1. The number of likely N-dealkylation sites (tertiary alicyclic amines) is 1. The number of alkyl halides is 1. The first-order chi connectivity index (χ1) is 16.1. The van der Waals surface area contributed by atoms with E-state index in [1.54, 1.807) is 43.7 Å². The second-order valence-corrected chi connectivity index (χ2v) is 9.62. The average Bonchev–Trinajstić information content (AvgIpc) is 3.34. The lowest BCUT2D eigenvalue weighted by Gasteiger charge is -2.34. The first-order valence-electron chi connectivity index (χ1n) is 11.1. The quantitative estimate of drug-likeness (QED) is 0.614. The lowest BCUT2D eigenvalue weighted by molar-refractivity contribution is 0.0272. The van der Waals surface area contributed by atoms with E-state index in [2.05, 4.69) is 15.1 Å². The number of rotatable bonds is 2. The molecule has 0 spiro atoms. The lowest BCUT2D eigenvalue weighted by atomic mass is 9.98. The van der Waals surface area contributed by atoms with Crippen LogP contribution in [0.15, 0.2) is 30.6 Å². The van der Waals surface area contributed by atoms with Gasteiger partial charge in [-0.05, 0) is 44.5 Å². The molecule has 3 aromatic heterocycles. The van der Waals surface area contributed by atoms with Crippen molar-refractivity contribution in [2.75, 3.05) is 25.4 Å². The lowest BCUT2D eigenvalue weighted by Crippen LogP contribution is -2.49. The average molecular weight is 468 g/mol. The highest BCUT2D eigenvalue weighted by Crippen LogP contribution is 2.29. The normalized spacial score (nSPS) is 20.6. The van der Waals surface area contributed by atoms with Crippen molar-refractivity contribution in [1.82, 2.24) is 29.4 Å². The highest BCUT2D eigenvalue weighted by atomic mass is 19.1. The molecule has 1 saturated heterocycles. The number of nitrogens with zero attached hydrogens (tertiary/aromatic N) is 6. The van der Waals surface area contributed by atoms with Crippen LogP contribution in [0.1, 0.15) is 36.8 Å². The number of pyridine rings is 2. The summed E-state index contributed by atoms with van der Waals surface area (Å²) < 4.78 is 21.9. The highest BCUT2D eigenvalue weighted by Gasteiger charge is 2.43. The summed E-state index contributed by atoms with van der Waals surface area (Å²) in [4.78, 5) is 37.3. The van der Waals surface area contributed by atoms with Crippen LogP contribution in [0.25, 0.3) is 16.8 Å². The summed E-state index contributed by atoms with van der Waals surface area (Å²) in [6, 6.07) is 4.69. The second-order valence-electron chi connectivity index (χ2n) is 9.62. The Hall–Kier alpha value is -3.76. The fraction of sp³-hybridized carbons (Fsp3) is 0.435. The molecule has 2 aliphatic rings. The van der Waals surface area contributed by atoms with E-state index in [0.29, 0.717) is 29.9 Å². The van der Waals surface area contributed by atoms with Gasteiger partial charge in [-0.1, -0.05) is 0 Å². The van der Waals surface area contributed by atoms with E-state index < -0.39 is 23.9 Å². The standard InChI is InChI=1S/C23H26FN7O3/c1-23(2,3)34-22(33)29-11-16(24)18(12-29)30-6-5-17-15(20(30)32)8-14(10-26-17)13-4-7-31-19(9-13)27-21(25)28-31/h4,7-10,16,18H,5-6,11-12H2,1-3H3,(H2,25,28)/t16-,18+/m0/s1. The number of halogens is 1. The second kappa shape index (κ2) is 7.93. The van der Waals surface area contributed by atoms with E-state index >= 15 is 0 Å². The fourth-order valence-corrected chi connectivity index (χ4v) is 4.43. The van der Waals surface area contributed by atoms with Crippen LogP contribution in [0.5, 0.6) is 0 Å². The van der Waals surface area contributed by atoms with E-state index in [0.717, 1.165) is 11.1 Å². The topological polar surface area (TPSA) is 119 Å². The minimum atomic E-state index is -1.35. The van der Waals surface area contributed by atoms with Crippen LogP contribution in [0, 0.1) is 0 Å². The van der Waals surface area contributed by atoms with E-state index in [9.17, 15) is 14.0 Å². The van der Waals surface area contributed by atoms with E-state index in [-0.39, 0.29) is 24.9 Å². The van der Waals surface area contributed by atoms with Crippen LogP contribution in [-0.2, 0) is 11.2 Å². The highest BCUT2D eigenvalue weighted by molar-refractivity contribution is 5.97. The monoisotopic (exact) mass is 467 g/mol. The van der Waals surface area contributed by atoms with Crippen LogP contribution >= 0.6 is 0 Å².